The fourth-order valence-electron chi connectivity index (χ4n) is 2.28. The lowest BCUT2D eigenvalue weighted by atomic mass is 9.99. The van der Waals surface area contributed by atoms with Crippen molar-refractivity contribution in [2.45, 2.75) is 45.4 Å². The second-order valence-electron chi connectivity index (χ2n) is 5.94. The molecule has 1 aliphatic heterocycles. The molecule has 9 heteroatoms. The number of nitrogens with one attached hydrogen (secondary N) is 2. The molecule has 0 radical (unpaired) electrons. The van der Waals surface area contributed by atoms with Crippen LogP contribution in [0.4, 0.5) is 4.79 Å². The molecule has 8 nitrogen and oxygen atoms in total. The number of imide groups is 1. The van der Waals surface area contributed by atoms with E-state index in [1.165, 1.54) is 18.3 Å². The molecule has 2 atom stereocenters. The summed E-state index contributed by atoms with van der Waals surface area (Å²) < 4.78 is 5.02. The molecule has 1 fully saturated rings. The molecule has 2 unspecified atom stereocenters. The van der Waals surface area contributed by atoms with Crippen molar-refractivity contribution >= 4 is 35.2 Å². The predicted molar refractivity (Wildman–Crippen MR) is 90.7 cm³/mol. The van der Waals surface area contributed by atoms with Crippen LogP contribution in [-0.2, 0) is 25.7 Å². The van der Waals surface area contributed by atoms with E-state index in [0.717, 1.165) is 9.78 Å². The standard InChI is InChI=1S/C16H21N3O5S/c1-4-16(3)14(22)19(15(23)18-16)9-12(20)24-10(2)13(21)17-8-11-6-5-7-25-11/h5-7,10H,4,8-9H2,1-3H3,(H,17,21)(H,18,23). The van der Waals surface area contributed by atoms with Crippen LogP contribution in [0.15, 0.2) is 17.5 Å². The summed E-state index contributed by atoms with van der Waals surface area (Å²) in [5.74, 6) is -1.74. The Balaban J connectivity index is 1.84. The highest BCUT2D eigenvalue weighted by molar-refractivity contribution is 7.09. The Labute approximate surface area is 149 Å². The first-order valence-corrected chi connectivity index (χ1v) is 8.78. The van der Waals surface area contributed by atoms with Crippen molar-refractivity contribution in [3.8, 4) is 0 Å². The van der Waals surface area contributed by atoms with Gasteiger partial charge in [-0.25, -0.2) is 4.79 Å². The third-order valence-corrected chi connectivity index (χ3v) is 4.91. The zero-order chi connectivity index (χ0) is 18.6. The average molecular weight is 367 g/mol. The van der Waals surface area contributed by atoms with Crippen molar-refractivity contribution in [3.63, 3.8) is 0 Å². The molecular formula is C16H21N3O5S. The molecule has 1 aromatic heterocycles. The quantitative estimate of drug-likeness (QED) is 0.553. The number of hydrogen-bond donors (Lipinski definition) is 2. The molecule has 2 rings (SSSR count). The van der Waals surface area contributed by atoms with E-state index in [0.29, 0.717) is 13.0 Å². The van der Waals surface area contributed by atoms with E-state index in [-0.39, 0.29) is 0 Å². The molecule has 1 aliphatic rings. The van der Waals surface area contributed by atoms with E-state index < -0.39 is 42.0 Å². The van der Waals surface area contributed by atoms with Crippen LogP contribution in [0.5, 0.6) is 0 Å². The van der Waals surface area contributed by atoms with Crippen molar-refractivity contribution in [3.05, 3.63) is 22.4 Å². The van der Waals surface area contributed by atoms with Crippen molar-refractivity contribution < 1.29 is 23.9 Å². The summed E-state index contributed by atoms with van der Waals surface area (Å²) in [5.41, 5.74) is -1.01. The van der Waals surface area contributed by atoms with Gasteiger partial charge in [0.15, 0.2) is 6.10 Å². The number of urea groups is 1. The van der Waals surface area contributed by atoms with Gasteiger partial charge in [0, 0.05) is 4.88 Å². The van der Waals surface area contributed by atoms with Crippen molar-refractivity contribution in [2.75, 3.05) is 6.54 Å². The fraction of sp³-hybridized carbons (Fsp3) is 0.500. The highest BCUT2D eigenvalue weighted by Crippen LogP contribution is 2.20. The molecule has 0 aliphatic carbocycles. The number of hydrogen-bond acceptors (Lipinski definition) is 6. The van der Waals surface area contributed by atoms with Crippen molar-refractivity contribution in [2.24, 2.45) is 0 Å². The molecule has 25 heavy (non-hydrogen) atoms. The topological polar surface area (TPSA) is 105 Å². The van der Waals surface area contributed by atoms with E-state index in [1.54, 1.807) is 13.8 Å². The van der Waals surface area contributed by atoms with Gasteiger partial charge >= 0.3 is 12.0 Å². The minimum Gasteiger partial charge on any atom is -0.451 e. The van der Waals surface area contributed by atoms with Gasteiger partial charge in [-0.05, 0) is 31.7 Å². The van der Waals surface area contributed by atoms with Gasteiger partial charge in [-0.2, -0.15) is 0 Å². The van der Waals surface area contributed by atoms with Gasteiger partial charge in [0.1, 0.15) is 12.1 Å². The Bertz CT molecular complexity index is 675. The summed E-state index contributed by atoms with van der Waals surface area (Å²) in [6.07, 6.45) is -0.615. The molecule has 2 heterocycles. The van der Waals surface area contributed by atoms with E-state index in [1.807, 2.05) is 17.5 Å². The number of esters is 1. The lowest BCUT2D eigenvalue weighted by Crippen LogP contribution is -2.44. The first-order chi connectivity index (χ1) is 11.8. The summed E-state index contributed by atoms with van der Waals surface area (Å²) in [4.78, 5) is 49.8. The molecular weight excluding hydrogens is 346 g/mol. The maximum atomic E-state index is 12.2. The van der Waals surface area contributed by atoms with Gasteiger partial charge in [0.25, 0.3) is 11.8 Å². The summed E-state index contributed by atoms with van der Waals surface area (Å²) in [6.45, 7) is 4.62. The second kappa shape index (κ2) is 7.64. The molecule has 2 N–H and O–H groups in total. The third kappa shape index (κ3) is 4.36. The molecule has 136 valence electrons. The molecule has 0 saturated carbocycles. The molecule has 1 aromatic rings. The van der Waals surface area contributed by atoms with Crippen molar-refractivity contribution in [1.29, 1.82) is 0 Å². The van der Waals surface area contributed by atoms with E-state index in [2.05, 4.69) is 10.6 Å². The lowest BCUT2D eigenvalue weighted by Gasteiger charge is -2.19. The van der Waals surface area contributed by atoms with Gasteiger partial charge in [-0.1, -0.05) is 13.0 Å². The third-order valence-electron chi connectivity index (χ3n) is 4.03. The lowest BCUT2D eigenvalue weighted by molar-refractivity contribution is -0.156. The minimum atomic E-state index is -1.02. The summed E-state index contributed by atoms with van der Waals surface area (Å²) in [5, 5.41) is 7.10. The van der Waals surface area contributed by atoms with Crippen LogP contribution in [0.3, 0.4) is 0 Å². The summed E-state index contributed by atoms with van der Waals surface area (Å²) in [7, 11) is 0. The van der Waals surface area contributed by atoms with Crippen LogP contribution in [-0.4, -0.2) is 46.9 Å². The van der Waals surface area contributed by atoms with Crippen LogP contribution in [0, 0.1) is 0 Å². The van der Waals surface area contributed by atoms with Crippen LogP contribution in [0.25, 0.3) is 0 Å². The Morgan fingerprint density at radius 2 is 2.16 bits per heavy atom. The van der Waals surface area contributed by atoms with Crippen LogP contribution < -0.4 is 10.6 Å². The van der Waals surface area contributed by atoms with Gasteiger partial charge in [0.2, 0.25) is 0 Å². The maximum absolute atomic E-state index is 12.2. The van der Waals surface area contributed by atoms with Crippen molar-refractivity contribution in [1.82, 2.24) is 15.5 Å². The van der Waals surface area contributed by atoms with E-state index in [4.69, 9.17) is 4.74 Å². The number of carbonyl (C=O) groups is 4. The predicted octanol–water partition coefficient (Wildman–Crippen LogP) is 1.02. The molecule has 0 bridgehead atoms. The zero-order valence-electron chi connectivity index (χ0n) is 14.3. The number of ether oxygens (including phenoxy) is 1. The van der Waals surface area contributed by atoms with Crippen LogP contribution in [0.1, 0.15) is 32.1 Å². The molecule has 1 saturated heterocycles. The largest absolute Gasteiger partial charge is 0.451 e. The molecule has 4 amide bonds. The first-order valence-electron chi connectivity index (χ1n) is 7.90. The highest BCUT2D eigenvalue weighted by atomic mass is 32.1. The van der Waals surface area contributed by atoms with E-state index in [9.17, 15) is 19.2 Å². The highest BCUT2D eigenvalue weighted by Gasteiger charge is 2.47. The van der Waals surface area contributed by atoms with Gasteiger partial charge in [-0.3, -0.25) is 19.3 Å². The first kappa shape index (κ1) is 18.9. The number of thiophene rings is 1. The summed E-state index contributed by atoms with van der Waals surface area (Å²) >= 11 is 1.50. The number of nitrogens with zero attached hydrogens (tertiary/aromatic N) is 1. The summed E-state index contributed by atoms with van der Waals surface area (Å²) in [6, 6.07) is 3.11. The van der Waals surface area contributed by atoms with Gasteiger partial charge in [0.05, 0.1) is 6.54 Å². The van der Waals surface area contributed by atoms with Crippen LogP contribution in [0.2, 0.25) is 0 Å². The Morgan fingerprint density at radius 1 is 1.44 bits per heavy atom. The number of carbonyl (C=O) groups excluding carboxylic acids is 4. The minimum absolute atomic E-state index is 0.347. The number of amides is 4. The van der Waals surface area contributed by atoms with E-state index >= 15 is 0 Å². The Kier molecular flexibility index (Phi) is 5.78. The zero-order valence-corrected chi connectivity index (χ0v) is 15.1. The second-order valence-corrected chi connectivity index (χ2v) is 6.97. The molecule has 0 aromatic carbocycles. The van der Waals surface area contributed by atoms with Crippen LogP contribution >= 0.6 is 11.3 Å². The Morgan fingerprint density at radius 3 is 2.72 bits per heavy atom. The fourth-order valence-corrected chi connectivity index (χ4v) is 2.92. The molecule has 0 spiro atoms. The monoisotopic (exact) mass is 367 g/mol. The van der Waals surface area contributed by atoms with Gasteiger partial charge < -0.3 is 15.4 Å². The average Bonchev–Trinajstić information content (AvgIpc) is 3.16. The van der Waals surface area contributed by atoms with Gasteiger partial charge in [-0.15, -0.1) is 11.3 Å². The Hall–Kier alpha value is -2.42. The SMILES string of the molecule is CCC1(C)NC(=O)N(CC(=O)OC(C)C(=O)NCc2cccs2)C1=O. The smallest absolute Gasteiger partial charge is 0.327 e. The maximum Gasteiger partial charge on any atom is 0.327 e. The normalized spacial score (nSPS) is 21.0. The number of rotatable bonds is 7.